The van der Waals surface area contributed by atoms with E-state index >= 15 is 0 Å². The molecule has 0 N–H and O–H groups in total. The van der Waals surface area contributed by atoms with Crippen LogP contribution in [0.3, 0.4) is 0 Å². The lowest BCUT2D eigenvalue weighted by molar-refractivity contribution is 0.358. The van der Waals surface area contributed by atoms with E-state index in [9.17, 15) is 0 Å². The molecule has 13 heavy (non-hydrogen) atoms. The second-order valence-electron chi connectivity index (χ2n) is 3.71. The number of thiophene rings is 1. The van der Waals surface area contributed by atoms with Crippen LogP contribution in [0.5, 0.6) is 0 Å². The van der Waals surface area contributed by atoms with Crippen molar-refractivity contribution in [2.24, 2.45) is 5.41 Å². The Balaban J connectivity index is 2.67. The van der Waals surface area contributed by atoms with Crippen LogP contribution >= 0.6 is 38.9 Å². The molecule has 0 aromatic carbocycles. The van der Waals surface area contributed by atoms with Crippen LogP contribution in [0.4, 0.5) is 0 Å². The van der Waals surface area contributed by atoms with Crippen LogP contribution in [0, 0.1) is 5.41 Å². The third kappa shape index (κ3) is 3.26. The molecule has 1 aromatic rings. The van der Waals surface area contributed by atoms with Crippen molar-refractivity contribution in [2.45, 2.75) is 26.7 Å². The molecule has 0 saturated carbocycles. The molecule has 1 atom stereocenters. The quantitative estimate of drug-likeness (QED) is 0.701. The third-order valence-corrected chi connectivity index (χ3v) is 4.74. The Hall–Kier alpha value is 0.470. The van der Waals surface area contributed by atoms with Gasteiger partial charge in [0.1, 0.15) is 0 Å². The molecule has 0 spiro atoms. The Morgan fingerprint density at radius 2 is 2.31 bits per heavy atom. The van der Waals surface area contributed by atoms with Crippen molar-refractivity contribution in [3.63, 3.8) is 0 Å². The predicted octanol–water partition coefficient (Wildman–Crippen LogP) is 4.71. The van der Waals surface area contributed by atoms with E-state index in [1.807, 2.05) is 0 Å². The van der Waals surface area contributed by atoms with Gasteiger partial charge >= 0.3 is 0 Å². The molecule has 0 amide bonds. The monoisotopic (exact) mass is 280 g/mol. The highest BCUT2D eigenvalue weighted by atomic mass is 79.9. The van der Waals surface area contributed by atoms with Gasteiger partial charge in [0.2, 0.25) is 0 Å². The average molecular weight is 282 g/mol. The van der Waals surface area contributed by atoms with Crippen molar-refractivity contribution in [1.82, 2.24) is 0 Å². The Kier molecular flexibility index (Phi) is 4.27. The van der Waals surface area contributed by atoms with E-state index in [4.69, 9.17) is 11.6 Å². The standard InChI is InChI=1S/C10H14BrClS/c1-3-10(2,7-12)5-9-4-8(11)6-13-9/h4,6H,3,5,7H2,1-2H3. The van der Waals surface area contributed by atoms with E-state index in [1.54, 1.807) is 11.3 Å². The summed E-state index contributed by atoms with van der Waals surface area (Å²) in [6, 6.07) is 2.19. The fourth-order valence-electron chi connectivity index (χ4n) is 1.13. The van der Waals surface area contributed by atoms with E-state index < -0.39 is 0 Å². The van der Waals surface area contributed by atoms with Crippen LogP contribution in [0.2, 0.25) is 0 Å². The van der Waals surface area contributed by atoms with Crippen molar-refractivity contribution in [3.05, 3.63) is 20.8 Å². The molecule has 74 valence electrons. The van der Waals surface area contributed by atoms with Gasteiger partial charge in [0.25, 0.3) is 0 Å². The van der Waals surface area contributed by atoms with Gasteiger partial charge in [-0.2, -0.15) is 0 Å². The second-order valence-corrected chi connectivity index (χ2v) is 5.88. The highest BCUT2D eigenvalue weighted by molar-refractivity contribution is 9.10. The minimum Gasteiger partial charge on any atom is -0.148 e. The van der Waals surface area contributed by atoms with E-state index in [0.717, 1.165) is 18.7 Å². The van der Waals surface area contributed by atoms with Crippen LogP contribution in [0.1, 0.15) is 25.1 Å². The summed E-state index contributed by atoms with van der Waals surface area (Å²) >= 11 is 11.2. The molecule has 0 radical (unpaired) electrons. The zero-order valence-corrected chi connectivity index (χ0v) is 11.1. The van der Waals surface area contributed by atoms with Gasteiger partial charge in [-0.3, -0.25) is 0 Å². The molecule has 0 bridgehead atoms. The molecule has 0 nitrogen and oxygen atoms in total. The minimum atomic E-state index is 0.256. The third-order valence-electron chi connectivity index (χ3n) is 2.40. The first-order valence-electron chi connectivity index (χ1n) is 4.38. The van der Waals surface area contributed by atoms with Crippen LogP contribution in [0.25, 0.3) is 0 Å². The van der Waals surface area contributed by atoms with Crippen molar-refractivity contribution in [2.75, 3.05) is 5.88 Å². The van der Waals surface area contributed by atoms with Crippen LogP contribution in [-0.2, 0) is 6.42 Å². The lowest BCUT2D eigenvalue weighted by Gasteiger charge is -2.24. The molecule has 1 unspecified atom stereocenters. The van der Waals surface area contributed by atoms with Crippen LogP contribution in [0.15, 0.2) is 15.9 Å². The maximum Gasteiger partial charge on any atom is 0.0285 e. The van der Waals surface area contributed by atoms with Crippen molar-refractivity contribution < 1.29 is 0 Å². The van der Waals surface area contributed by atoms with E-state index in [1.165, 1.54) is 9.35 Å². The van der Waals surface area contributed by atoms with Crippen molar-refractivity contribution in [1.29, 1.82) is 0 Å². The number of halogens is 2. The summed E-state index contributed by atoms with van der Waals surface area (Å²) in [5, 5.41) is 2.12. The maximum atomic E-state index is 5.96. The zero-order valence-electron chi connectivity index (χ0n) is 7.94. The summed E-state index contributed by atoms with van der Waals surface area (Å²) in [4.78, 5) is 1.41. The Morgan fingerprint density at radius 1 is 1.62 bits per heavy atom. The fourth-order valence-corrected chi connectivity index (χ4v) is 3.08. The minimum absolute atomic E-state index is 0.256. The SMILES string of the molecule is CCC(C)(CCl)Cc1cc(Br)cs1. The molecule has 0 aliphatic heterocycles. The lowest BCUT2D eigenvalue weighted by atomic mass is 9.86. The first-order chi connectivity index (χ1) is 6.09. The number of rotatable bonds is 4. The molecule has 0 aliphatic carbocycles. The smallest absolute Gasteiger partial charge is 0.0285 e. The largest absolute Gasteiger partial charge is 0.148 e. The molecule has 3 heteroatoms. The molecule has 0 aliphatic rings. The van der Waals surface area contributed by atoms with Crippen LogP contribution in [-0.4, -0.2) is 5.88 Å². The van der Waals surface area contributed by atoms with E-state index in [2.05, 4.69) is 41.2 Å². The van der Waals surface area contributed by atoms with Crippen molar-refractivity contribution >= 4 is 38.9 Å². The Morgan fingerprint density at radius 3 is 2.69 bits per heavy atom. The molecule has 0 saturated heterocycles. The Bertz CT molecular complexity index is 266. The van der Waals surface area contributed by atoms with Gasteiger partial charge in [-0.15, -0.1) is 22.9 Å². The summed E-state index contributed by atoms with van der Waals surface area (Å²) in [5.41, 5.74) is 0.256. The van der Waals surface area contributed by atoms with Crippen LogP contribution < -0.4 is 0 Å². The molecule has 1 aromatic heterocycles. The van der Waals surface area contributed by atoms with Gasteiger partial charge in [0.05, 0.1) is 0 Å². The summed E-state index contributed by atoms with van der Waals surface area (Å²) in [5.74, 6) is 0.735. The van der Waals surface area contributed by atoms with Gasteiger partial charge in [0.15, 0.2) is 0 Å². The molecular weight excluding hydrogens is 268 g/mol. The Labute approximate surface area is 97.4 Å². The predicted molar refractivity (Wildman–Crippen MR) is 64.8 cm³/mol. The fraction of sp³-hybridized carbons (Fsp3) is 0.600. The number of hydrogen-bond acceptors (Lipinski definition) is 1. The van der Waals surface area contributed by atoms with Gasteiger partial charge < -0.3 is 0 Å². The topological polar surface area (TPSA) is 0 Å². The first-order valence-corrected chi connectivity index (χ1v) is 6.59. The molecule has 1 heterocycles. The number of alkyl halides is 1. The first kappa shape index (κ1) is 11.5. The lowest BCUT2D eigenvalue weighted by Crippen LogP contribution is -2.19. The maximum absolute atomic E-state index is 5.96. The van der Waals surface area contributed by atoms with Crippen molar-refractivity contribution in [3.8, 4) is 0 Å². The summed E-state index contributed by atoms with van der Waals surface area (Å²) in [6.45, 7) is 4.44. The molecule has 0 fully saturated rings. The van der Waals surface area contributed by atoms with Gasteiger partial charge in [0, 0.05) is 20.6 Å². The van der Waals surface area contributed by atoms with E-state index in [0.29, 0.717) is 0 Å². The van der Waals surface area contributed by atoms with Gasteiger partial charge in [-0.25, -0.2) is 0 Å². The van der Waals surface area contributed by atoms with Gasteiger partial charge in [-0.05, 0) is 40.3 Å². The summed E-state index contributed by atoms with van der Waals surface area (Å²) in [7, 11) is 0. The van der Waals surface area contributed by atoms with Gasteiger partial charge in [-0.1, -0.05) is 13.8 Å². The normalized spacial score (nSPS) is 15.7. The molecule has 1 rings (SSSR count). The van der Waals surface area contributed by atoms with E-state index in [-0.39, 0.29) is 5.41 Å². The average Bonchev–Trinajstić information content (AvgIpc) is 2.51. The summed E-state index contributed by atoms with van der Waals surface area (Å²) < 4.78 is 1.18. The summed E-state index contributed by atoms with van der Waals surface area (Å²) in [6.07, 6.45) is 2.22. The zero-order chi connectivity index (χ0) is 9.90. The number of hydrogen-bond donors (Lipinski definition) is 0. The second kappa shape index (κ2) is 4.81. The highest BCUT2D eigenvalue weighted by Gasteiger charge is 2.21. The highest BCUT2D eigenvalue weighted by Crippen LogP contribution is 2.31. The molecular formula is C10H14BrClS.